The van der Waals surface area contributed by atoms with Crippen LogP contribution < -0.4 is 10.1 Å². The van der Waals surface area contributed by atoms with Gasteiger partial charge in [0.15, 0.2) is 6.10 Å². The van der Waals surface area contributed by atoms with Crippen LogP contribution in [0.25, 0.3) is 0 Å². The first-order valence-electron chi connectivity index (χ1n) is 10.6. The van der Waals surface area contributed by atoms with Crippen LogP contribution >= 0.6 is 0 Å². The van der Waals surface area contributed by atoms with Crippen molar-refractivity contribution in [2.75, 3.05) is 5.32 Å². The van der Waals surface area contributed by atoms with Crippen LogP contribution in [-0.2, 0) is 17.1 Å². The lowest BCUT2D eigenvalue weighted by Crippen LogP contribution is -2.34. The van der Waals surface area contributed by atoms with E-state index in [1.54, 1.807) is 12.1 Å². The van der Waals surface area contributed by atoms with Crippen LogP contribution in [-0.4, -0.2) is 12.0 Å². The zero-order valence-corrected chi connectivity index (χ0v) is 19.5. The number of hydrogen-bond acceptors (Lipinski definition) is 2. The van der Waals surface area contributed by atoms with Crippen molar-refractivity contribution in [2.24, 2.45) is 5.92 Å². The topological polar surface area (TPSA) is 38.3 Å². The van der Waals surface area contributed by atoms with E-state index >= 15 is 0 Å². The Labute approximate surface area is 185 Å². The zero-order valence-electron chi connectivity index (χ0n) is 19.5. The molecule has 31 heavy (non-hydrogen) atoms. The van der Waals surface area contributed by atoms with Gasteiger partial charge in [-0.25, -0.2) is 8.78 Å². The molecule has 5 heteroatoms. The van der Waals surface area contributed by atoms with Crippen LogP contribution in [0.2, 0.25) is 0 Å². The standard InChI is InChI=1S/C24H31F2NO2.C2H4/c1-7-18-9-11-20(14-21(18)24(6,25)26)29-22(12-15(2)3)23(28)27-19-10-8-16(4)17(5)13-19;1-2/h8-11,13-15,22H,7,12H2,1-6H3,(H,27,28);1-2H2. The van der Waals surface area contributed by atoms with Crippen molar-refractivity contribution in [1.82, 2.24) is 0 Å². The SMILES string of the molecule is C=C.CCc1ccc(OC(CC(C)C)C(=O)Nc2ccc(C)c(C)c2)cc1C(C)(F)F. The van der Waals surface area contributed by atoms with Gasteiger partial charge >= 0.3 is 0 Å². The van der Waals surface area contributed by atoms with Crippen molar-refractivity contribution in [3.8, 4) is 5.75 Å². The number of anilines is 1. The molecule has 2 aromatic carbocycles. The second-order valence-electron chi connectivity index (χ2n) is 8.09. The predicted molar refractivity (Wildman–Crippen MR) is 125 cm³/mol. The molecule has 0 radical (unpaired) electrons. The fraction of sp³-hybridized carbons (Fsp3) is 0.423. The van der Waals surface area contributed by atoms with Crippen LogP contribution in [0.4, 0.5) is 14.5 Å². The fourth-order valence-corrected chi connectivity index (χ4v) is 3.19. The Morgan fingerprint density at radius 3 is 2.26 bits per heavy atom. The maximum atomic E-state index is 14.0. The van der Waals surface area contributed by atoms with E-state index in [0.717, 1.165) is 18.1 Å². The van der Waals surface area contributed by atoms with E-state index in [2.05, 4.69) is 18.5 Å². The van der Waals surface area contributed by atoms with E-state index in [1.165, 1.54) is 6.07 Å². The van der Waals surface area contributed by atoms with Gasteiger partial charge in [0.2, 0.25) is 0 Å². The largest absolute Gasteiger partial charge is 0.481 e. The van der Waals surface area contributed by atoms with E-state index < -0.39 is 12.0 Å². The number of ether oxygens (including phenoxy) is 1. The quantitative estimate of drug-likeness (QED) is 0.448. The molecule has 0 aliphatic carbocycles. The van der Waals surface area contributed by atoms with Crippen molar-refractivity contribution in [1.29, 1.82) is 0 Å². The number of halogens is 2. The molecule has 1 unspecified atom stereocenters. The number of hydrogen-bond donors (Lipinski definition) is 1. The molecule has 2 rings (SSSR count). The molecule has 0 saturated carbocycles. The fourth-order valence-electron chi connectivity index (χ4n) is 3.19. The molecule has 1 N–H and O–H groups in total. The molecule has 2 aromatic rings. The minimum Gasteiger partial charge on any atom is -0.481 e. The van der Waals surface area contributed by atoms with Crippen molar-refractivity contribution in [3.63, 3.8) is 0 Å². The number of rotatable bonds is 8. The number of carbonyl (C=O) groups excluding carboxylic acids is 1. The minimum atomic E-state index is -2.97. The van der Waals surface area contributed by atoms with Crippen LogP contribution in [0.3, 0.4) is 0 Å². The Hall–Kier alpha value is -2.69. The number of benzene rings is 2. The van der Waals surface area contributed by atoms with Gasteiger partial charge < -0.3 is 10.1 Å². The number of aryl methyl sites for hydroxylation is 3. The molecule has 0 bridgehead atoms. The van der Waals surface area contributed by atoms with Gasteiger partial charge in [0.25, 0.3) is 11.8 Å². The van der Waals surface area contributed by atoms with Gasteiger partial charge in [-0.3, -0.25) is 4.79 Å². The normalized spacial score (nSPS) is 12.0. The molecule has 170 valence electrons. The van der Waals surface area contributed by atoms with E-state index in [4.69, 9.17) is 4.74 Å². The average Bonchev–Trinajstić information content (AvgIpc) is 2.70. The highest BCUT2D eigenvalue weighted by atomic mass is 19.3. The van der Waals surface area contributed by atoms with Crippen LogP contribution in [0.5, 0.6) is 5.75 Å². The predicted octanol–water partition coefficient (Wildman–Crippen LogP) is 7.21. The Morgan fingerprint density at radius 2 is 1.74 bits per heavy atom. The minimum absolute atomic E-state index is 0.0598. The summed E-state index contributed by atoms with van der Waals surface area (Å²) in [5.74, 6) is -2.78. The Kier molecular flexibility index (Phi) is 9.89. The monoisotopic (exact) mass is 431 g/mol. The number of amides is 1. The second-order valence-corrected chi connectivity index (χ2v) is 8.09. The molecule has 3 nitrogen and oxygen atoms in total. The van der Waals surface area contributed by atoms with E-state index in [0.29, 0.717) is 24.1 Å². The van der Waals surface area contributed by atoms with Gasteiger partial charge in [-0.15, -0.1) is 13.2 Å². The summed E-state index contributed by atoms with van der Waals surface area (Å²) >= 11 is 0. The summed E-state index contributed by atoms with van der Waals surface area (Å²) in [5, 5.41) is 2.89. The summed E-state index contributed by atoms with van der Waals surface area (Å²) in [6, 6.07) is 10.4. The molecule has 1 atom stereocenters. The molecular weight excluding hydrogens is 396 g/mol. The number of nitrogens with one attached hydrogen (secondary N) is 1. The highest BCUT2D eigenvalue weighted by molar-refractivity contribution is 5.94. The van der Waals surface area contributed by atoms with Crippen molar-refractivity contribution in [2.45, 2.75) is 66.4 Å². The van der Waals surface area contributed by atoms with Crippen molar-refractivity contribution < 1.29 is 18.3 Å². The third-order valence-corrected chi connectivity index (χ3v) is 4.97. The Bertz CT molecular complexity index is 872. The molecule has 0 fully saturated rings. The Morgan fingerprint density at radius 1 is 1.10 bits per heavy atom. The van der Waals surface area contributed by atoms with Gasteiger partial charge in [-0.05, 0) is 73.6 Å². The molecule has 0 saturated heterocycles. The number of carbonyl (C=O) groups is 1. The lowest BCUT2D eigenvalue weighted by Gasteiger charge is -2.22. The van der Waals surface area contributed by atoms with Gasteiger partial charge in [0, 0.05) is 18.2 Å². The maximum Gasteiger partial charge on any atom is 0.270 e. The zero-order chi connectivity index (χ0) is 23.8. The smallest absolute Gasteiger partial charge is 0.270 e. The van der Waals surface area contributed by atoms with Crippen LogP contribution in [0, 0.1) is 19.8 Å². The molecule has 0 spiro atoms. The highest BCUT2D eigenvalue weighted by Gasteiger charge is 2.29. The first-order valence-corrected chi connectivity index (χ1v) is 10.6. The molecule has 0 aliphatic heterocycles. The van der Waals surface area contributed by atoms with Gasteiger partial charge in [0.05, 0.1) is 0 Å². The summed E-state index contributed by atoms with van der Waals surface area (Å²) in [4.78, 5) is 12.9. The van der Waals surface area contributed by atoms with Crippen LogP contribution in [0.15, 0.2) is 49.6 Å². The third-order valence-electron chi connectivity index (χ3n) is 4.97. The summed E-state index contributed by atoms with van der Waals surface area (Å²) in [5.41, 5.74) is 3.42. The molecular formula is C26H35F2NO2. The van der Waals surface area contributed by atoms with Crippen molar-refractivity contribution >= 4 is 11.6 Å². The first-order chi connectivity index (χ1) is 14.5. The van der Waals surface area contributed by atoms with Gasteiger partial charge in [-0.1, -0.05) is 32.9 Å². The maximum absolute atomic E-state index is 14.0. The van der Waals surface area contributed by atoms with Gasteiger partial charge in [0.1, 0.15) is 5.75 Å². The third kappa shape index (κ3) is 7.82. The second kappa shape index (κ2) is 11.6. The summed E-state index contributed by atoms with van der Waals surface area (Å²) in [6.45, 7) is 16.7. The average molecular weight is 432 g/mol. The summed E-state index contributed by atoms with van der Waals surface area (Å²) in [6.07, 6.45) is 0.202. The molecule has 0 aromatic heterocycles. The molecule has 1 amide bonds. The Balaban J connectivity index is 0.00000233. The number of alkyl halides is 2. The lowest BCUT2D eigenvalue weighted by atomic mass is 10.00. The van der Waals surface area contributed by atoms with Gasteiger partial charge in [-0.2, -0.15) is 0 Å². The lowest BCUT2D eigenvalue weighted by molar-refractivity contribution is -0.123. The van der Waals surface area contributed by atoms with Crippen LogP contribution in [0.1, 0.15) is 56.4 Å². The molecule has 0 heterocycles. The highest BCUT2D eigenvalue weighted by Crippen LogP contribution is 2.33. The molecule has 0 aliphatic rings. The van der Waals surface area contributed by atoms with E-state index in [-0.39, 0.29) is 23.1 Å². The summed E-state index contributed by atoms with van der Waals surface area (Å²) < 4.78 is 33.9. The van der Waals surface area contributed by atoms with E-state index in [1.807, 2.05) is 52.8 Å². The van der Waals surface area contributed by atoms with Crippen molar-refractivity contribution in [3.05, 3.63) is 71.8 Å². The summed E-state index contributed by atoms with van der Waals surface area (Å²) in [7, 11) is 0. The first kappa shape index (κ1) is 26.3. The van der Waals surface area contributed by atoms with E-state index in [9.17, 15) is 13.6 Å².